The maximum Gasteiger partial charge on any atom is 0.405 e. The van der Waals surface area contributed by atoms with Crippen LogP contribution in [0.5, 0.6) is 0 Å². The molecule has 0 aliphatic rings. The average molecular weight is 193 g/mol. The molecule has 0 radical (unpaired) electrons. The van der Waals surface area contributed by atoms with Crippen LogP contribution in [0.25, 0.3) is 0 Å². The van der Waals surface area contributed by atoms with E-state index >= 15 is 0 Å². The van der Waals surface area contributed by atoms with Crippen LogP contribution in [0.4, 0.5) is 4.79 Å². The van der Waals surface area contributed by atoms with Crippen LogP contribution in [-0.2, 0) is 6.42 Å². The van der Waals surface area contributed by atoms with Gasteiger partial charge in [0.25, 0.3) is 0 Å². The number of carbonyl (C=O) groups is 1. The second-order valence-electron chi connectivity index (χ2n) is 3.98. The molecular formula is C11H15NO2. The molecule has 0 atom stereocenters. The predicted molar refractivity (Wildman–Crippen MR) is 55.4 cm³/mol. The Morgan fingerprint density at radius 3 is 2.43 bits per heavy atom. The summed E-state index contributed by atoms with van der Waals surface area (Å²) in [4.78, 5) is 10.5. The Labute approximate surface area is 83.8 Å². The van der Waals surface area contributed by atoms with Crippen molar-refractivity contribution in [3.63, 3.8) is 0 Å². The number of benzene rings is 1. The third-order valence-electron chi connectivity index (χ3n) is 1.93. The van der Waals surface area contributed by atoms with Crippen molar-refractivity contribution in [3.8, 4) is 0 Å². The van der Waals surface area contributed by atoms with Crippen molar-refractivity contribution in [2.75, 3.05) is 0 Å². The molecule has 3 nitrogen and oxygen atoms in total. The Balaban J connectivity index is 2.63. The first-order chi connectivity index (χ1) is 6.49. The molecule has 1 aromatic carbocycles. The number of amides is 1. The van der Waals surface area contributed by atoms with E-state index in [1.165, 1.54) is 0 Å². The van der Waals surface area contributed by atoms with Crippen molar-refractivity contribution in [2.24, 2.45) is 0 Å². The molecule has 3 heteroatoms. The minimum atomic E-state index is -0.981. The highest BCUT2D eigenvalue weighted by atomic mass is 16.4. The van der Waals surface area contributed by atoms with Gasteiger partial charge in [-0.3, -0.25) is 0 Å². The lowest BCUT2D eigenvalue weighted by molar-refractivity contribution is 0.182. The van der Waals surface area contributed by atoms with Gasteiger partial charge in [-0.2, -0.15) is 0 Å². The second kappa shape index (κ2) is 4.13. The summed E-state index contributed by atoms with van der Waals surface area (Å²) in [5, 5.41) is 11.1. The first-order valence-electron chi connectivity index (χ1n) is 4.55. The zero-order valence-corrected chi connectivity index (χ0v) is 8.45. The minimum Gasteiger partial charge on any atom is -0.465 e. The van der Waals surface area contributed by atoms with Gasteiger partial charge in [-0.1, -0.05) is 30.3 Å². The summed E-state index contributed by atoms with van der Waals surface area (Å²) >= 11 is 0. The van der Waals surface area contributed by atoms with Crippen LogP contribution in [0.2, 0.25) is 0 Å². The fraction of sp³-hybridized carbons (Fsp3) is 0.364. The summed E-state index contributed by atoms with van der Waals surface area (Å²) < 4.78 is 0. The van der Waals surface area contributed by atoms with Gasteiger partial charge in [-0.15, -0.1) is 0 Å². The first kappa shape index (κ1) is 10.6. The predicted octanol–water partition coefficient (Wildman–Crippen LogP) is 2.28. The molecule has 14 heavy (non-hydrogen) atoms. The van der Waals surface area contributed by atoms with E-state index in [0.29, 0.717) is 6.42 Å². The Morgan fingerprint density at radius 1 is 1.36 bits per heavy atom. The SMILES string of the molecule is CC(C)(Cc1ccccc1)NC(=O)O. The molecule has 0 saturated heterocycles. The maximum atomic E-state index is 10.5. The van der Waals surface area contributed by atoms with E-state index in [1.54, 1.807) is 0 Å². The summed E-state index contributed by atoms with van der Waals surface area (Å²) in [7, 11) is 0. The van der Waals surface area contributed by atoms with E-state index in [2.05, 4.69) is 5.32 Å². The molecule has 0 bridgehead atoms. The number of nitrogens with one attached hydrogen (secondary N) is 1. The maximum absolute atomic E-state index is 10.5. The molecule has 1 aromatic rings. The highest BCUT2D eigenvalue weighted by Crippen LogP contribution is 2.11. The van der Waals surface area contributed by atoms with Gasteiger partial charge >= 0.3 is 6.09 Å². The van der Waals surface area contributed by atoms with Crippen molar-refractivity contribution >= 4 is 6.09 Å². The highest BCUT2D eigenvalue weighted by Gasteiger charge is 2.19. The van der Waals surface area contributed by atoms with Crippen molar-refractivity contribution in [1.29, 1.82) is 0 Å². The Bertz CT molecular complexity index is 306. The van der Waals surface area contributed by atoms with E-state index in [4.69, 9.17) is 5.11 Å². The van der Waals surface area contributed by atoms with Gasteiger partial charge in [0.2, 0.25) is 0 Å². The summed E-state index contributed by atoms with van der Waals surface area (Å²) in [6.07, 6.45) is -0.286. The Hall–Kier alpha value is -1.51. The summed E-state index contributed by atoms with van der Waals surface area (Å²) in [5.74, 6) is 0. The molecule has 1 amide bonds. The van der Waals surface area contributed by atoms with Crippen molar-refractivity contribution in [3.05, 3.63) is 35.9 Å². The second-order valence-corrected chi connectivity index (χ2v) is 3.98. The standard InChI is InChI=1S/C11H15NO2/c1-11(2,12-10(13)14)8-9-6-4-3-5-7-9/h3-7,12H,8H2,1-2H3,(H,13,14). The number of hydrogen-bond acceptors (Lipinski definition) is 1. The van der Waals surface area contributed by atoms with Crippen LogP contribution in [0.3, 0.4) is 0 Å². The zero-order valence-electron chi connectivity index (χ0n) is 8.45. The van der Waals surface area contributed by atoms with Gasteiger partial charge in [0, 0.05) is 5.54 Å². The summed E-state index contributed by atoms with van der Waals surface area (Å²) in [5.41, 5.74) is 0.707. The third-order valence-corrected chi connectivity index (χ3v) is 1.93. The lowest BCUT2D eigenvalue weighted by Gasteiger charge is -2.24. The van der Waals surface area contributed by atoms with E-state index < -0.39 is 11.6 Å². The van der Waals surface area contributed by atoms with Gasteiger partial charge in [0.05, 0.1) is 0 Å². The number of rotatable bonds is 3. The van der Waals surface area contributed by atoms with Gasteiger partial charge in [-0.25, -0.2) is 4.79 Å². The molecule has 1 rings (SSSR count). The zero-order chi connectivity index (χ0) is 10.6. The summed E-state index contributed by atoms with van der Waals surface area (Å²) in [6, 6.07) is 9.83. The third kappa shape index (κ3) is 3.47. The lowest BCUT2D eigenvalue weighted by Crippen LogP contribution is -2.44. The van der Waals surface area contributed by atoms with E-state index in [0.717, 1.165) is 5.56 Å². The molecule has 0 fully saturated rings. The monoisotopic (exact) mass is 193 g/mol. The fourth-order valence-corrected chi connectivity index (χ4v) is 1.44. The van der Waals surface area contributed by atoms with E-state index in [1.807, 2.05) is 44.2 Å². The van der Waals surface area contributed by atoms with Crippen molar-refractivity contribution in [2.45, 2.75) is 25.8 Å². The van der Waals surface area contributed by atoms with Crippen LogP contribution in [-0.4, -0.2) is 16.7 Å². The molecule has 0 spiro atoms. The topological polar surface area (TPSA) is 49.3 Å². The largest absolute Gasteiger partial charge is 0.465 e. The lowest BCUT2D eigenvalue weighted by atomic mass is 9.95. The Kier molecular flexibility index (Phi) is 3.12. The van der Waals surface area contributed by atoms with Gasteiger partial charge < -0.3 is 10.4 Å². The van der Waals surface area contributed by atoms with E-state index in [-0.39, 0.29) is 0 Å². The van der Waals surface area contributed by atoms with Crippen LogP contribution in [0, 0.1) is 0 Å². The van der Waals surface area contributed by atoms with E-state index in [9.17, 15) is 4.79 Å². The van der Waals surface area contributed by atoms with Gasteiger partial charge in [0.1, 0.15) is 0 Å². The highest BCUT2D eigenvalue weighted by molar-refractivity contribution is 5.65. The number of hydrogen-bond donors (Lipinski definition) is 2. The van der Waals surface area contributed by atoms with Crippen LogP contribution in [0.15, 0.2) is 30.3 Å². The van der Waals surface area contributed by atoms with Gasteiger partial charge in [0.15, 0.2) is 0 Å². The smallest absolute Gasteiger partial charge is 0.405 e. The van der Waals surface area contributed by atoms with Crippen LogP contribution < -0.4 is 5.32 Å². The molecule has 0 aromatic heterocycles. The van der Waals surface area contributed by atoms with Gasteiger partial charge in [-0.05, 0) is 25.8 Å². The molecule has 76 valence electrons. The van der Waals surface area contributed by atoms with Crippen LogP contribution >= 0.6 is 0 Å². The molecule has 0 aliphatic heterocycles. The minimum absolute atomic E-state index is 0.423. The molecule has 2 N–H and O–H groups in total. The van der Waals surface area contributed by atoms with Crippen molar-refractivity contribution in [1.82, 2.24) is 5.32 Å². The molecule has 0 saturated carbocycles. The summed E-state index contributed by atoms with van der Waals surface area (Å²) in [6.45, 7) is 3.74. The average Bonchev–Trinajstić information content (AvgIpc) is 2.02. The Morgan fingerprint density at radius 2 is 1.93 bits per heavy atom. The first-order valence-corrected chi connectivity index (χ1v) is 4.55. The molecule has 0 heterocycles. The fourth-order valence-electron chi connectivity index (χ4n) is 1.44. The molecular weight excluding hydrogens is 178 g/mol. The molecule has 0 aliphatic carbocycles. The quantitative estimate of drug-likeness (QED) is 0.773. The number of carboxylic acid groups (broad SMARTS) is 1. The molecule has 0 unspecified atom stereocenters. The van der Waals surface area contributed by atoms with Crippen LogP contribution in [0.1, 0.15) is 19.4 Å². The van der Waals surface area contributed by atoms with Crippen molar-refractivity contribution < 1.29 is 9.90 Å². The normalized spacial score (nSPS) is 11.0.